The van der Waals surface area contributed by atoms with Crippen molar-refractivity contribution in [2.75, 3.05) is 69.2 Å². The molecule has 6 rings (SSSR count). The molecule has 1 amide bonds. The highest BCUT2D eigenvalue weighted by atomic mass is 16.5. The van der Waals surface area contributed by atoms with E-state index in [9.17, 15) is 9.59 Å². The molecule has 45 heavy (non-hydrogen) atoms. The number of rotatable bonds is 7. The fourth-order valence-corrected chi connectivity index (χ4v) is 6.85. The van der Waals surface area contributed by atoms with Crippen LogP contribution in [0.5, 0.6) is 17.2 Å². The lowest BCUT2D eigenvalue weighted by Crippen LogP contribution is -2.52. The molecule has 0 spiro atoms. The summed E-state index contributed by atoms with van der Waals surface area (Å²) in [4.78, 5) is 34.5. The number of carbonyl (C=O) groups excluding carboxylic acids is 2. The minimum absolute atomic E-state index is 0.0253. The molecule has 1 saturated heterocycles. The molecule has 3 aromatic rings. The summed E-state index contributed by atoms with van der Waals surface area (Å²) in [7, 11) is 4.88. The second-order valence-electron chi connectivity index (χ2n) is 12.7. The Bertz CT molecular complexity index is 1610. The Labute approximate surface area is 265 Å². The van der Waals surface area contributed by atoms with Gasteiger partial charge in [-0.25, -0.2) is 0 Å². The van der Waals surface area contributed by atoms with Gasteiger partial charge in [0.25, 0.3) is 0 Å². The van der Waals surface area contributed by atoms with Crippen molar-refractivity contribution in [3.05, 3.63) is 83.6 Å². The van der Waals surface area contributed by atoms with Crippen molar-refractivity contribution in [2.45, 2.75) is 32.7 Å². The number of hydrogen-bond acceptors (Lipinski definition) is 8. The quantitative estimate of drug-likeness (QED) is 0.366. The monoisotopic (exact) mass is 610 g/mol. The lowest BCUT2D eigenvalue weighted by molar-refractivity contribution is -0.130. The number of nitrogens with one attached hydrogen (secondary N) is 1. The second-order valence-corrected chi connectivity index (χ2v) is 12.7. The minimum atomic E-state index is -0.496. The van der Waals surface area contributed by atoms with Gasteiger partial charge in [-0.15, -0.1) is 0 Å². The maximum Gasteiger partial charge on any atom is 0.242 e. The fraction of sp³-hybridized carbons (Fsp3) is 0.389. The normalized spacial score (nSPS) is 19.3. The van der Waals surface area contributed by atoms with Gasteiger partial charge in [0.15, 0.2) is 17.3 Å². The van der Waals surface area contributed by atoms with Crippen molar-refractivity contribution in [1.29, 1.82) is 0 Å². The first-order valence-corrected chi connectivity index (χ1v) is 15.5. The molecule has 0 bridgehead atoms. The van der Waals surface area contributed by atoms with Crippen LogP contribution in [-0.4, -0.2) is 70.6 Å². The Morgan fingerprint density at radius 3 is 2.27 bits per heavy atom. The molecule has 2 aliphatic heterocycles. The summed E-state index contributed by atoms with van der Waals surface area (Å²) in [5.41, 5.74) is 5.17. The van der Waals surface area contributed by atoms with Crippen LogP contribution in [0.15, 0.2) is 78.0 Å². The molecule has 236 valence electrons. The first kappa shape index (κ1) is 30.4. The van der Waals surface area contributed by atoms with Crippen LogP contribution >= 0.6 is 0 Å². The highest BCUT2D eigenvalue weighted by molar-refractivity contribution is 6.02. The molecule has 1 fully saturated rings. The number of carbonyl (C=O) groups is 2. The van der Waals surface area contributed by atoms with Crippen molar-refractivity contribution in [1.82, 2.24) is 4.90 Å². The Balaban J connectivity index is 1.35. The van der Waals surface area contributed by atoms with E-state index in [1.807, 2.05) is 59.5 Å². The lowest BCUT2D eigenvalue weighted by Gasteiger charge is -2.40. The molecule has 9 heteroatoms. The number of nitrogens with zero attached hydrogens (tertiary/aromatic N) is 3. The highest BCUT2D eigenvalue weighted by Gasteiger charge is 2.42. The number of methoxy groups -OCH3 is 3. The van der Waals surface area contributed by atoms with Crippen molar-refractivity contribution >= 4 is 28.8 Å². The summed E-state index contributed by atoms with van der Waals surface area (Å²) in [6.07, 6.45) is 1.16. The number of piperazine rings is 1. The minimum Gasteiger partial charge on any atom is -0.497 e. The SMILES string of the molecule is COc1ccc(N2CCN(C(=O)CN3c4ccccc4NC4=C(C(=O)CC(C)(C)C4)C3c3ccc(OC)c(OC)c3)CC2)cc1. The van der Waals surface area contributed by atoms with Gasteiger partial charge in [-0.3, -0.25) is 9.59 Å². The van der Waals surface area contributed by atoms with Crippen LogP contribution in [0, 0.1) is 5.41 Å². The zero-order valence-corrected chi connectivity index (χ0v) is 26.8. The zero-order chi connectivity index (χ0) is 31.7. The maximum absolute atomic E-state index is 14.1. The van der Waals surface area contributed by atoms with E-state index in [2.05, 4.69) is 41.1 Å². The summed E-state index contributed by atoms with van der Waals surface area (Å²) in [6, 6.07) is 21.3. The van der Waals surface area contributed by atoms with Gasteiger partial charge in [0, 0.05) is 49.6 Å². The predicted octanol–water partition coefficient (Wildman–Crippen LogP) is 5.68. The van der Waals surface area contributed by atoms with Gasteiger partial charge in [-0.2, -0.15) is 0 Å². The Morgan fingerprint density at radius 2 is 1.58 bits per heavy atom. The van der Waals surface area contributed by atoms with Gasteiger partial charge in [-0.1, -0.05) is 32.0 Å². The fourth-order valence-electron chi connectivity index (χ4n) is 6.85. The van der Waals surface area contributed by atoms with Gasteiger partial charge >= 0.3 is 0 Å². The topological polar surface area (TPSA) is 83.6 Å². The van der Waals surface area contributed by atoms with Crippen LogP contribution in [0.4, 0.5) is 17.1 Å². The number of hydrogen-bond donors (Lipinski definition) is 1. The van der Waals surface area contributed by atoms with Gasteiger partial charge < -0.3 is 34.2 Å². The third-order valence-electron chi connectivity index (χ3n) is 9.10. The first-order chi connectivity index (χ1) is 21.7. The summed E-state index contributed by atoms with van der Waals surface area (Å²) in [5.74, 6) is 2.12. The second kappa shape index (κ2) is 12.4. The number of anilines is 3. The number of allylic oxidation sites excluding steroid dienone is 1. The molecule has 0 saturated carbocycles. The van der Waals surface area contributed by atoms with Crippen LogP contribution in [0.1, 0.15) is 38.3 Å². The molecule has 1 unspecified atom stereocenters. The third kappa shape index (κ3) is 6.03. The van der Waals surface area contributed by atoms with E-state index in [0.29, 0.717) is 36.6 Å². The lowest BCUT2D eigenvalue weighted by atomic mass is 9.73. The van der Waals surface area contributed by atoms with E-state index < -0.39 is 6.04 Å². The number of Topliss-reactive ketones (excluding diaryl/α,β-unsaturated/α-hetero) is 1. The van der Waals surface area contributed by atoms with Gasteiger partial charge in [-0.05, 0) is 65.9 Å². The van der Waals surface area contributed by atoms with Crippen LogP contribution < -0.4 is 29.3 Å². The summed E-state index contributed by atoms with van der Waals surface area (Å²) < 4.78 is 16.5. The van der Waals surface area contributed by atoms with Gasteiger partial charge in [0.2, 0.25) is 5.91 Å². The van der Waals surface area contributed by atoms with Crippen molar-refractivity contribution in [3.8, 4) is 17.2 Å². The molecular weight excluding hydrogens is 568 g/mol. The number of benzene rings is 3. The van der Waals surface area contributed by atoms with E-state index in [0.717, 1.165) is 53.6 Å². The van der Waals surface area contributed by atoms with E-state index in [1.165, 1.54) is 0 Å². The largest absolute Gasteiger partial charge is 0.497 e. The van der Waals surface area contributed by atoms with E-state index in [-0.39, 0.29) is 23.7 Å². The summed E-state index contributed by atoms with van der Waals surface area (Å²) in [6.45, 7) is 7.07. The molecular formula is C36H42N4O5. The first-order valence-electron chi connectivity index (χ1n) is 15.5. The maximum atomic E-state index is 14.1. The average molecular weight is 611 g/mol. The van der Waals surface area contributed by atoms with Crippen LogP contribution in [0.3, 0.4) is 0 Å². The van der Waals surface area contributed by atoms with E-state index in [4.69, 9.17) is 14.2 Å². The van der Waals surface area contributed by atoms with Crippen molar-refractivity contribution in [2.24, 2.45) is 5.41 Å². The predicted molar refractivity (Wildman–Crippen MR) is 177 cm³/mol. The van der Waals surface area contributed by atoms with E-state index >= 15 is 0 Å². The summed E-state index contributed by atoms with van der Waals surface area (Å²) in [5, 5.41) is 3.63. The molecule has 0 aromatic heterocycles. The molecule has 3 aliphatic rings. The van der Waals surface area contributed by atoms with Crippen LogP contribution in [0.2, 0.25) is 0 Å². The molecule has 0 radical (unpaired) electrons. The number of ketones is 1. The number of amides is 1. The van der Waals surface area contributed by atoms with E-state index in [1.54, 1.807) is 21.3 Å². The Hall–Kier alpha value is -4.66. The number of ether oxygens (including phenoxy) is 3. The van der Waals surface area contributed by atoms with Crippen molar-refractivity contribution < 1.29 is 23.8 Å². The standard InChI is InChI=1S/C36H42N4O5/c1-36(2)21-28-34(30(41)22-36)35(24-10-15-31(44-4)32(20-24)45-5)40(29-9-7-6-8-27(29)37-28)23-33(42)39-18-16-38(17-19-39)25-11-13-26(43-3)14-12-25/h6-15,20,35,37H,16-19,21-23H2,1-5H3. The van der Waals surface area contributed by atoms with Gasteiger partial charge in [0.05, 0.1) is 45.3 Å². The Morgan fingerprint density at radius 1 is 0.867 bits per heavy atom. The molecule has 1 atom stereocenters. The van der Waals surface area contributed by atoms with Crippen LogP contribution in [0.25, 0.3) is 0 Å². The summed E-state index contributed by atoms with van der Waals surface area (Å²) >= 11 is 0. The molecule has 1 aliphatic carbocycles. The number of fused-ring (bicyclic) bond motifs is 1. The Kier molecular flexibility index (Phi) is 8.36. The molecule has 1 N–H and O–H groups in total. The smallest absolute Gasteiger partial charge is 0.242 e. The highest BCUT2D eigenvalue weighted by Crippen LogP contribution is 2.49. The van der Waals surface area contributed by atoms with Crippen molar-refractivity contribution in [3.63, 3.8) is 0 Å². The third-order valence-corrected chi connectivity index (χ3v) is 9.10. The molecule has 2 heterocycles. The molecule has 3 aromatic carbocycles. The molecule has 9 nitrogen and oxygen atoms in total. The number of para-hydroxylation sites is 2. The zero-order valence-electron chi connectivity index (χ0n) is 26.8. The van der Waals surface area contributed by atoms with Crippen LogP contribution in [-0.2, 0) is 9.59 Å². The van der Waals surface area contributed by atoms with Gasteiger partial charge in [0.1, 0.15) is 5.75 Å². The average Bonchev–Trinajstić information content (AvgIpc) is 3.18.